The van der Waals surface area contributed by atoms with Crippen LogP contribution >= 0.6 is 11.6 Å². The van der Waals surface area contributed by atoms with Crippen molar-refractivity contribution in [1.82, 2.24) is 0 Å². The molecule has 1 aliphatic rings. The maximum atomic E-state index is 13.7. The number of aliphatic hydroxyl groups is 1. The number of halogens is 2. The second-order valence-corrected chi connectivity index (χ2v) is 7.90. The van der Waals surface area contributed by atoms with Gasteiger partial charge in [-0.1, -0.05) is 59.6 Å². The van der Waals surface area contributed by atoms with Gasteiger partial charge in [-0.2, -0.15) is 0 Å². The predicted octanol–water partition coefficient (Wildman–Crippen LogP) is 5.72. The maximum absolute atomic E-state index is 13.7. The van der Waals surface area contributed by atoms with Gasteiger partial charge < -0.3 is 5.11 Å². The van der Waals surface area contributed by atoms with Crippen molar-refractivity contribution in [3.63, 3.8) is 0 Å². The average Bonchev–Trinajstić information content (AvgIpc) is 3.03. The van der Waals surface area contributed by atoms with E-state index < -0.39 is 23.5 Å². The van der Waals surface area contributed by atoms with Gasteiger partial charge in [0, 0.05) is 11.3 Å². The van der Waals surface area contributed by atoms with E-state index in [2.05, 4.69) is 0 Å². The number of aliphatic hydroxyl groups excluding tert-OH is 1. The van der Waals surface area contributed by atoms with Crippen molar-refractivity contribution in [2.24, 2.45) is 0 Å². The number of hydrogen-bond donors (Lipinski definition) is 1. The van der Waals surface area contributed by atoms with Crippen LogP contribution in [-0.2, 0) is 9.59 Å². The van der Waals surface area contributed by atoms with Gasteiger partial charge in [0.2, 0.25) is 0 Å². The largest absolute Gasteiger partial charge is 0.507 e. The molecule has 1 amide bonds. The van der Waals surface area contributed by atoms with E-state index in [9.17, 15) is 19.1 Å². The zero-order valence-corrected chi connectivity index (χ0v) is 17.7. The van der Waals surface area contributed by atoms with Crippen molar-refractivity contribution in [3.8, 4) is 0 Å². The Balaban J connectivity index is 1.98. The average molecular weight is 436 g/mol. The second kappa shape index (κ2) is 8.00. The van der Waals surface area contributed by atoms with Gasteiger partial charge in [0.15, 0.2) is 0 Å². The van der Waals surface area contributed by atoms with Crippen molar-refractivity contribution < 1.29 is 19.1 Å². The van der Waals surface area contributed by atoms with Gasteiger partial charge in [-0.25, -0.2) is 4.39 Å². The molecule has 1 fully saturated rings. The lowest BCUT2D eigenvalue weighted by Crippen LogP contribution is -2.29. The van der Waals surface area contributed by atoms with Crippen LogP contribution in [0.3, 0.4) is 0 Å². The zero-order chi connectivity index (χ0) is 22.3. The molecule has 31 heavy (non-hydrogen) atoms. The van der Waals surface area contributed by atoms with Crippen LogP contribution in [0.15, 0.2) is 72.3 Å². The van der Waals surface area contributed by atoms with E-state index in [-0.39, 0.29) is 22.0 Å². The zero-order valence-electron chi connectivity index (χ0n) is 16.9. The first kappa shape index (κ1) is 20.8. The molecule has 6 heteroatoms. The Morgan fingerprint density at radius 3 is 2.39 bits per heavy atom. The smallest absolute Gasteiger partial charge is 0.300 e. The molecule has 0 aromatic heterocycles. The third kappa shape index (κ3) is 3.62. The third-order valence-corrected chi connectivity index (χ3v) is 5.68. The van der Waals surface area contributed by atoms with Crippen LogP contribution in [0, 0.1) is 19.7 Å². The van der Waals surface area contributed by atoms with Crippen LogP contribution in [0.5, 0.6) is 0 Å². The quantitative estimate of drug-likeness (QED) is 0.325. The molecular weight excluding hydrogens is 417 g/mol. The molecule has 1 N–H and O–H groups in total. The number of ketones is 1. The van der Waals surface area contributed by atoms with E-state index in [1.165, 1.54) is 17.0 Å². The molecule has 0 aliphatic carbocycles. The highest BCUT2D eigenvalue weighted by atomic mass is 35.5. The van der Waals surface area contributed by atoms with Crippen LogP contribution in [0.4, 0.5) is 10.1 Å². The fraction of sp³-hybridized carbons (Fsp3) is 0.120. The summed E-state index contributed by atoms with van der Waals surface area (Å²) in [6.45, 7) is 3.70. The van der Waals surface area contributed by atoms with E-state index in [1.54, 1.807) is 30.3 Å². The second-order valence-electron chi connectivity index (χ2n) is 7.50. The minimum atomic E-state index is -0.886. The van der Waals surface area contributed by atoms with E-state index in [1.807, 2.05) is 32.0 Å². The number of benzene rings is 3. The van der Waals surface area contributed by atoms with Gasteiger partial charge in [-0.05, 0) is 49.2 Å². The lowest BCUT2D eigenvalue weighted by atomic mass is 9.93. The Hall–Kier alpha value is -3.44. The highest BCUT2D eigenvalue weighted by Crippen LogP contribution is 2.43. The highest BCUT2D eigenvalue weighted by Gasteiger charge is 2.47. The SMILES string of the molecule is Cc1ccc(C)c(/C(O)=C2\C(=O)C(=O)N(c3ccc(F)c(Cl)c3)C2c2ccccc2)c1. The molecule has 1 saturated heterocycles. The third-order valence-electron chi connectivity index (χ3n) is 5.39. The fourth-order valence-electron chi connectivity index (χ4n) is 3.82. The summed E-state index contributed by atoms with van der Waals surface area (Å²) in [6, 6.07) is 17.4. The monoisotopic (exact) mass is 435 g/mol. The number of anilines is 1. The van der Waals surface area contributed by atoms with Gasteiger partial charge in [-0.3, -0.25) is 14.5 Å². The number of hydrogen-bond acceptors (Lipinski definition) is 3. The van der Waals surface area contributed by atoms with E-state index in [4.69, 9.17) is 11.6 Å². The highest BCUT2D eigenvalue weighted by molar-refractivity contribution is 6.51. The molecule has 1 atom stereocenters. The first-order valence-electron chi connectivity index (χ1n) is 9.68. The van der Waals surface area contributed by atoms with Gasteiger partial charge in [-0.15, -0.1) is 0 Å². The van der Waals surface area contributed by atoms with Gasteiger partial charge in [0.25, 0.3) is 11.7 Å². The lowest BCUT2D eigenvalue weighted by Gasteiger charge is -2.25. The Labute approximate surface area is 184 Å². The summed E-state index contributed by atoms with van der Waals surface area (Å²) in [5, 5.41) is 11.0. The molecule has 4 rings (SSSR count). The summed E-state index contributed by atoms with van der Waals surface area (Å²) in [5.74, 6) is -2.51. The molecule has 1 unspecified atom stereocenters. The minimum Gasteiger partial charge on any atom is -0.507 e. The molecule has 4 nitrogen and oxygen atoms in total. The summed E-state index contributed by atoms with van der Waals surface area (Å²) in [7, 11) is 0. The van der Waals surface area contributed by atoms with Crippen LogP contribution in [0.1, 0.15) is 28.3 Å². The molecule has 156 valence electrons. The van der Waals surface area contributed by atoms with Crippen LogP contribution < -0.4 is 4.90 Å². The Kier molecular flexibility index (Phi) is 5.38. The first-order valence-corrected chi connectivity index (χ1v) is 10.1. The van der Waals surface area contributed by atoms with Crippen molar-refractivity contribution in [3.05, 3.63) is 105 Å². The summed E-state index contributed by atoms with van der Waals surface area (Å²) in [4.78, 5) is 27.4. The Morgan fingerprint density at radius 1 is 1.00 bits per heavy atom. The molecule has 0 radical (unpaired) electrons. The molecule has 1 heterocycles. The predicted molar refractivity (Wildman–Crippen MR) is 119 cm³/mol. The minimum absolute atomic E-state index is 0.0228. The molecule has 3 aromatic carbocycles. The molecular formula is C25H19ClFNO3. The van der Waals surface area contributed by atoms with E-state index >= 15 is 0 Å². The summed E-state index contributed by atoms with van der Waals surface area (Å²) in [5.41, 5.74) is 3.03. The number of Topliss-reactive ketones (excluding diaryl/α,β-unsaturated/α-hetero) is 1. The van der Waals surface area contributed by atoms with Crippen molar-refractivity contribution >= 4 is 34.7 Å². The number of carbonyl (C=O) groups is 2. The summed E-state index contributed by atoms with van der Waals surface area (Å²) >= 11 is 5.94. The topological polar surface area (TPSA) is 57.6 Å². The van der Waals surface area contributed by atoms with Crippen molar-refractivity contribution in [1.29, 1.82) is 0 Å². The first-order chi connectivity index (χ1) is 14.8. The van der Waals surface area contributed by atoms with Gasteiger partial charge in [0.05, 0.1) is 16.6 Å². The fourth-order valence-corrected chi connectivity index (χ4v) is 4.00. The van der Waals surface area contributed by atoms with E-state index in [0.29, 0.717) is 11.1 Å². The summed E-state index contributed by atoms with van der Waals surface area (Å²) < 4.78 is 13.7. The molecule has 0 spiro atoms. The van der Waals surface area contributed by atoms with Crippen LogP contribution in [0.2, 0.25) is 5.02 Å². The van der Waals surface area contributed by atoms with Gasteiger partial charge >= 0.3 is 0 Å². The van der Waals surface area contributed by atoms with Crippen molar-refractivity contribution in [2.45, 2.75) is 19.9 Å². The molecule has 3 aromatic rings. The Morgan fingerprint density at radius 2 is 1.71 bits per heavy atom. The number of rotatable bonds is 3. The van der Waals surface area contributed by atoms with Crippen molar-refractivity contribution in [2.75, 3.05) is 4.90 Å². The number of nitrogens with zero attached hydrogens (tertiary/aromatic N) is 1. The molecule has 0 saturated carbocycles. The number of carbonyl (C=O) groups excluding carboxylic acids is 2. The maximum Gasteiger partial charge on any atom is 0.300 e. The number of aryl methyl sites for hydroxylation is 2. The van der Waals surface area contributed by atoms with Gasteiger partial charge in [0.1, 0.15) is 11.6 Å². The standard InChI is InChI=1S/C25H19ClFNO3/c1-14-8-9-15(2)18(12-14)23(29)21-22(16-6-4-3-5-7-16)28(25(31)24(21)30)17-10-11-20(27)19(26)13-17/h3-13,22,29H,1-2H3/b23-21+. The summed E-state index contributed by atoms with van der Waals surface area (Å²) in [6.07, 6.45) is 0. The molecule has 0 bridgehead atoms. The van der Waals surface area contributed by atoms with Crippen LogP contribution in [0.25, 0.3) is 5.76 Å². The van der Waals surface area contributed by atoms with E-state index in [0.717, 1.165) is 17.2 Å². The lowest BCUT2D eigenvalue weighted by molar-refractivity contribution is -0.132. The normalized spacial score (nSPS) is 17.9. The Bertz CT molecular complexity index is 1240. The molecule has 1 aliphatic heterocycles. The number of amides is 1. The van der Waals surface area contributed by atoms with Crippen LogP contribution in [-0.4, -0.2) is 16.8 Å².